The molecule has 1 aromatic rings. The molecule has 124 valence electrons. The quantitative estimate of drug-likeness (QED) is 0.856. The molecule has 0 saturated carbocycles. The van der Waals surface area contributed by atoms with E-state index in [0.717, 1.165) is 12.1 Å². The van der Waals surface area contributed by atoms with Crippen LogP contribution >= 0.6 is 0 Å². The first-order valence-corrected chi connectivity index (χ1v) is 7.53. The van der Waals surface area contributed by atoms with E-state index in [1.807, 2.05) is 19.9 Å². The smallest absolute Gasteiger partial charge is 0.205 e. The number of ether oxygens (including phenoxy) is 1. The van der Waals surface area contributed by atoms with Gasteiger partial charge in [-0.2, -0.15) is 5.26 Å². The highest BCUT2D eigenvalue weighted by Gasteiger charge is 2.44. The van der Waals surface area contributed by atoms with Gasteiger partial charge in [-0.15, -0.1) is 0 Å². The Morgan fingerprint density at radius 3 is 2.50 bits per heavy atom. The molecule has 0 radical (unpaired) electrons. The SMILES string of the molecule is CC1(C)CC(=O)C2=C(C1)OC(N)=C(C#N)C2c1c(F)cccc1F. The van der Waals surface area contributed by atoms with Crippen molar-refractivity contribution in [2.45, 2.75) is 32.6 Å². The van der Waals surface area contributed by atoms with Gasteiger partial charge in [0.2, 0.25) is 5.88 Å². The van der Waals surface area contributed by atoms with Gasteiger partial charge in [-0.1, -0.05) is 19.9 Å². The van der Waals surface area contributed by atoms with Crippen molar-refractivity contribution in [3.05, 3.63) is 58.2 Å². The molecule has 1 aliphatic carbocycles. The molecule has 2 aliphatic rings. The fourth-order valence-corrected chi connectivity index (χ4v) is 3.36. The molecule has 0 spiro atoms. The molecule has 3 rings (SSSR count). The Morgan fingerprint density at radius 2 is 1.92 bits per heavy atom. The molecule has 2 N–H and O–H groups in total. The number of benzene rings is 1. The maximum Gasteiger partial charge on any atom is 0.205 e. The Balaban J connectivity index is 2.27. The van der Waals surface area contributed by atoms with E-state index in [9.17, 15) is 18.8 Å². The Labute approximate surface area is 138 Å². The zero-order valence-electron chi connectivity index (χ0n) is 13.3. The average molecular weight is 330 g/mol. The molecule has 1 heterocycles. The van der Waals surface area contributed by atoms with Crippen LogP contribution in [-0.4, -0.2) is 5.78 Å². The molecule has 24 heavy (non-hydrogen) atoms. The Morgan fingerprint density at radius 1 is 1.29 bits per heavy atom. The largest absolute Gasteiger partial charge is 0.444 e. The topological polar surface area (TPSA) is 76.1 Å². The monoisotopic (exact) mass is 330 g/mol. The highest BCUT2D eigenvalue weighted by Crippen LogP contribution is 2.48. The minimum absolute atomic E-state index is 0.129. The fraction of sp³-hybridized carbons (Fsp3) is 0.333. The third kappa shape index (κ3) is 2.46. The predicted octanol–water partition coefficient (Wildman–Crippen LogP) is 3.42. The first-order valence-electron chi connectivity index (χ1n) is 7.53. The lowest BCUT2D eigenvalue weighted by Gasteiger charge is -2.37. The minimum Gasteiger partial charge on any atom is -0.444 e. The van der Waals surface area contributed by atoms with Gasteiger partial charge in [-0.25, -0.2) is 8.78 Å². The van der Waals surface area contributed by atoms with Gasteiger partial charge >= 0.3 is 0 Å². The fourth-order valence-electron chi connectivity index (χ4n) is 3.36. The van der Waals surface area contributed by atoms with Crippen LogP contribution in [0.25, 0.3) is 0 Å². The number of carbonyl (C=O) groups excluding carboxylic acids is 1. The second-order valence-electron chi connectivity index (χ2n) is 6.84. The molecule has 0 fully saturated rings. The number of carbonyl (C=O) groups is 1. The van der Waals surface area contributed by atoms with Gasteiger partial charge in [0.05, 0.1) is 5.92 Å². The van der Waals surface area contributed by atoms with E-state index in [1.54, 1.807) is 0 Å². The Hall–Kier alpha value is -2.68. The van der Waals surface area contributed by atoms with Crippen LogP contribution in [0.5, 0.6) is 0 Å². The summed E-state index contributed by atoms with van der Waals surface area (Å²) in [6, 6.07) is 5.26. The minimum atomic E-state index is -1.18. The van der Waals surface area contributed by atoms with Gasteiger partial charge in [0, 0.05) is 24.0 Å². The summed E-state index contributed by atoms with van der Waals surface area (Å²) < 4.78 is 34.1. The molecule has 0 saturated heterocycles. The number of rotatable bonds is 1. The molecule has 1 aliphatic heterocycles. The normalized spacial score (nSPS) is 22.8. The van der Waals surface area contributed by atoms with E-state index in [1.165, 1.54) is 6.07 Å². The number of ketones is 1. The lowest BCUT2D eigenvalue weighted by molar-refractivity contribution is -0.119. The van der Waals surface area contributed by atoms with Crippen LogP contribution < -0.4 is 5.73 Å². The second kappa shape index (κ2) is 5.45. The summed E-state index contributed by atoms with van der Waals surface area (Å²) in [6.45, 7) is 3.80. The van der Waals surface area contributed by atoms with E-state index in [0.29, 0.717) is 12.2 Å². The molecule has 0 amide bonds. The summed E-state index contributed by atoms with van der Waals surface area (Å²) in [5, 5.41) is 9.41. The highest BCUT2D eigenvalue weighted by molar-refractivity contribution is 6.00. The van der Waals surface area contributed by atoms with Crippen molar-refractivity contribution < 1.29 is 18.3 Å². The van der Waals surface area contributed by atoms with Crippen LogP contribution in [0.15, 0.2) is 41.0 Å². The third-order valence-electron chi connectivity index (χ3n) is 4.36. The maximum absolute atomic E-state index is 14.3. The molecular formula is C18H16F2N2O2. The second-order valence-corrected chi connectivity index (χ2v) is 6.84. The summed E-state index contributed by atoms with van der Waals surface area (Å²) in [5.41, 5.74) is 5.09. The standard InChI is InChI=1S/C18H16F2N2O2/c1-18(2)6-12(23)16-13(7-18)24-17(22)9(8-21)14(16)15-10(19)4-3-5-11(15)20/h3-5,14H,6-7,22H2,1-2H3. The van der Waals surface area contributed by atoms with Crippen LogP contribution in [0.2, 0.25) is 0 Å². The highest BCUT2D eigenvalue weighted by atomic mass is 19.1. The molecule has 6 heteroatoms. The molecule has 1 unspecified atom stereocenters. The van der Waals surface area contributed by atoms with Crippen LogP contribution in [-0.2, 0) is 9.53 Å². The lowest BCUT2D eigenvalue weighted by atomic mass is 9.70. The van der Waals surface area contributed by atoms with Crippen LogP contribution in [0.4, 0.5) is 8.78 Å². The van der Waals surface area contributed by atoms with Crippen molar-refractivity contribution in [2.24, 2.45) is 11.1 Å². The number of Topliss-reactive ketones (excluding diaryl/α,β-unsaturated/α-hetero) is 1. The molecule has 0 aromatic heterocycles. The van der Waals surface area contributed by atoms with E-state index in [-0.39, 0.29) is 40.2 Å². The summed E-state index contributed by atoms with van der Waals surface area (Å²) in [4.78, 5) is 12.7. The van der Waals surface area contributed by atoms with Crippen LogP contribution in [0.1, 0.15) is 38.2 Å². The Bertz CT molecular complexity index is 827. The average Bonchev–Trinajstić information content (AvgIpc) is 2.44. The molecular weight excluding hydrogens is 314 g/mol. The third-order valence-corrected chi connectivity index (χ3v) is 4.36. The molecule has 4 nitrogen and oxygen atoms in total. The lowest BCUT2D eigenvalue weighted by Crippen LogP contribution is -2.34. The maximum atomic E-state index is 14.3. The van der Waals surface area contributed by atoms with E-state index >= 15 is 0 Å². The van der Waals surface area contributed by atoms with Crippen LogP contribution in [0.3, 0.4) is 0 Å². The van der Waals surface area contributed by atoms with Gasteiger partial charge in [-0.3, -0.25) is 4.79 Å². The van der Waals surface area contributed by atoms with Gasteiger partial charge in [0.25, 0.3) is 0 Å². The van der Waals surface area contributed by atoms with E-state index in [2.05, 4.69) is 0 Å². The number of hydrogen-bond acceptors (Lipinski definition) is 4. The van der Waals surface area contributed by atoms with Crippen molar-refractivity contribution in [3.8, 4) is 6.07 Å². The number of halogens is 2. The molecule has 0 bridgehead atoms. The zero-order valence-corrected chi connectivity index (χ0v) is 13.3. The Kier molecular flexibility index (Phi) is 3.67. The van der Waals surface area contributed by atoms with E-state index < -0.39 is 17.6 Å². The van der Waals surface area contributed by atoms with Crippen molar-refractivity contribution in [3.63, 3.8) is 0 Å². The van der Waals surface area contributed by atoms with Gasteiger partial charge < -0.3 is 10.5 Å². The molecule has 1 aromatic carbocycles. The van der Waals surface area contributed by atoms with Crippen molar-refractivity contribution in [2.75, 3.05) is 0 Å². The number of allylic oxidation sites excluding steroid dienone is 3. The molecule has 1 atom stereocenters. The zero-order chi connectivity index (χ0) is 17.6. The summed E-state index contributed by atoms with van der Waals surface area (Å²) in [5.74, 6) is -3.04. The number of nitrogens with zero attached hydrogens (tertiary/aromatic N) is 1. The van der Waals surface area contributed by atoms with Gasteiger partial charge in [-0.05, 0) is 17.5 Å². The van der Waals surface area contributed by atoms with Crippen molar-refractivity contribution in [1.29, 1.82) is 5.26 Å². The number of nitriles is 1. The van der Waals surface area contributed by atoms with Crippen LogP contribution in [0, 0.1) is 28.4 Å². The van der Waals surface area contributed by atoms with Gasteiger partial charge in [0.15, 0.2) is 5.78 Å². The summed E-state index contributed by atoms with van der Waals surface area (Å²) >= 11 is 0. The van der Waals surface area contributed by atoms with Crippen molar-refractivity contribution >= 4 is 5.78 Å². The van der Waals surface area contributed by atoms with Gasteiger partial charge in [0.1, 0.15) is 29.0 Å². The predicted molar refractivity (Wildman–Crippen MR) is 82.1 cm³/mol. The first kappa shape index (κ1) is 16.2. The number of nitrogens with two attached hydrogens (primary N) is 1. The first-order chi connectivity index (χ1) is 11.2. The van der Waals surface area contributed by atoms with E-state index in [4.69, 9.17) is 10.5 Å². The summed E-state index contributed by atoms with van der Waals surface area (Å²) in [6.07, 6.45) is 0.612. The number of hydrogen-bond donors (Lipinski definition) is 1. The summed E-state index contributed by atoms with van der Waals surface area (Å²) in [7, 11) is 0. The van der Waals surface area contributed by atoms with Crippen molar-refractivity contribution in [1.82, 2.24) is 0 Å².